The molecule has 0 saturated heterocycles. The lowest BCUT2D eigenvalue weighted by molar-refractivity contribution is -0.121. The molecule has 37 heavy (non-hydrogen) atoms. The summed E-state index contributed by atoms with van der Waals surface area (Å²) < 4.78 is 4.14. The van der Waals surface area contributed by atoms with Gasteiger partial charge in [0.1, 0.15) is 6.54 Å². The second kappa shape index (κ2) is 10.7. The molecule has 5 rings (SSSR count). The van der Waals surface area contributed by atoms with Crippen LogP contribution in [0, 0.1) is 0 Å². The molecule has 8 nitrogen and oxygen atoms in total. The standard InChI is InChI=1S/C29H25N5O3/c35-26(21-33-27(36)16-17-32(29(33)37)19-22-10-4-1-5-11-22)30-18-24-20-34(25-14-8-3-9-15-25)31-28(24)23-12-6-2-7-13-23/h1-17,20H,18-19,21H2,(H,30,35). The normalized spacial score (nSPS) is 10.8. The Morgan fingerprint density at radius 3 is 2.16 bits per heavy atom. The molecule has 0 spiro atoms. The highest BCUT2D eigenvalue weighted by Gasteiger charge is 2.15. The van der Waals surface area contributed by atoms with E-state index in [1.165, 1.54) is 16.8 Å². The van der Waals surface area contributed by atoms with Crippen LogP contribution in [-0.2, 0) is 24.4 Å². The molecular weight excluding hydrogens is 466 g/mol. The number of carbonyl (C=O) groups is 1. The van der Waals surface area contributed by atoms with Crippen LogP contribution in [0.1, 0.15) is 11.1 Å². The second-order valence-corrected chi connectivity index (χ2v) is 8.56. The largest absolute Gasteiger partial charge is 0.350 e. The van der Waals surface area contributed by atoms with E-state index in [2.05, 4.69) is 5.32 Å². The predicted molar refractivity (Wildman–Crippen MR) is 141 cm³/mol. The molecule has 0 saturated carbocycles. The van der Waals surface area contributed by atoms with Gasteiger partial charge in [0.15, 0.2) is 0 Å². The highest BCUT2D eigenvalue weighted by Crippen LogP contribution is 2.23. The summed E-state index contributed by atoms with van der Waals surface area (Å²) in [5.41, 5.74) is 3.23. The molecule has 2 aromatic heterocycles. The van der Waals surface area contributed by atoms with Crippen LogP contribution < -0.4 is 16.6 Å². The maximum atomic E-state index is 12.9. The van der Waals surface area contributed by atoms with Gasteiger partial charge in [0, 0.05) is 36.1 Å². The Morgan fingerprint density at radius 2 is 1.46 bits per heavy atom. The first-order valence-electron chi connectivity index (χ1n) is 11.9. The quantitative estimate of drug-likeness (QED) is 0.361. The van der Waals surface area contributed by atoms with Crippen LogP contribution in [0.5, 0.6) is 0 Å². The van der Waals surface area contributed by atoms with Crippen LogP contribution in [0.2, 0.25) is 0 Å². The van der Waals surface area contributed by atoms with E-state index in [4.69, 9.17) is 5.10 Å². The van der Waals surface area contributed by atoms with Crippen molar-refractivity contribution in [1.82, 2.24) is 24.2 Å². The molecule has 0 atom stereocenters. The molecule has 0 bridgehead atoms. The van der Waals surface area contributed by atoms with E-state index >= 15 is 0 Å². The summed E-state index contributed by atoms with van der Waals surface area (Å²) in [5, 5.41) is 7.60. The molecule has 1 N–H and O–H groups in total. The Balaban J connectivity index is 1.35. The van der Waals surface area contributed by atoms with Crippen molar-refractivity contribution in [2.75, 3.05) is 0 Å². The van der Waals surface area contributed by atoms with Crippen molar-refractivity contribution >= 4 is 5.91 Å². The first kappa shape index (κ1) is 23.7. The molecule has 0 unspecified atom stereocenters. The third-order valence-electron chi connectivity index (χ3n) is 5.97. The minimum atomic E-state index is -0.534. The number of amides is 1. The summed E-state index contributed by atoms with van der Waals surface area (Å²) in [5.74, 6) is -0.442. The van der Waals surface area contributed by atoms with Gasteiger partial charge < -0.3 is 5.32 Å². The smallest absolute Gasteiger partial charge is 0.331 e. The van der Waals surface area contributed by atoms with Crippen molar-refractivity contribution < 1.29 is 4.79 Å². The van der Waals surface area contributed by atoms with Crippen molar-refractivity contribution in [3.63, 3.8) is 0 Å². The van der Waals surface area contributed by atoms with Crippen molar-refractivity contribution in [2.45, 2.75) is 19.6 Å². The van der Waals surface area contributed by atoms with Crippen LogP contribution in [0.3, 0.4) is 0 Å². The summed E-state index contributed by atoms with van der Waals surface area (Å²) in [4.78, 5) is 38.2. The van der Waals surface area contributed by atoms with Gasteiger partial charge in [0.25, 0.3) is 5.56 Å². The Morgan fingerprint density at radius 1 is 0.811 bits per heavy atom. The Bertz CT molecular complexity index is 1620. The summed E-state index contributed by atoms with van der Waals surface area (Å²) in [7, 11) is 0. The van der Waals surface area contributed by atoms with Crippen molar-refractivity contribution in [3.8, 4) is 16.9 Å². The Labute approximate surface area is 213 Å². The second-order valence-electron chi connectivity index (χ2n) is 8.56. The zero-order chi connectivity index (χ0) is 25.6. The van der Waals surface area contributed by atoms with E-state index in [9.17, 15) is 14.4 Å². The summed E-state index contributed by atoms with van der Waals surface area (Å²) in [6.07, 6.45) is 3.33. The van der Waals surface area contributed by atoms with Crippen LogP contribution >= 0.6 is 0 Å². The summed E-state index contributed by atoms with van der Waals surface area (Å²) in [6, 6.07) is 30.2. The first-order chi connectivity index (χ1) is 18.1. The number of hydrogen-bond donors (Lipinski definition) is 1. The topological polar surface area (TPSA) is 90.9 Å². The van der Waals surface area contributed by atoms with Gasteiger partial charge >= 0.3 is 5.69 Å². The summed E-state index contributed by atoms with van der Waals surface area (Å²) in [6.45, 7) is 0.122. The molecular formula is C29H25N5O3. The highest BCUT2D eigenvalue weighted by molar-refractivity contribution is 5.76. The summed E-state index contributed by atoms with van der Waals surface area (Å²) >= 11 is 0. The van der Waals surface area contributed by atoms with Crippen LogP contribution in [0.15, 0.2) is 119 Å². The van der Waals surface area contributed by atoms with E-state index in [1.54, 1.807) is 4.68 Å². The lowest BCUT2D eigenvalue weighted by Gasteiger charge is -2.10. The lowest BCUT2D eigenvalue weighted by Crippen LogP contribution is -2.43. The first-order valence-corrected chi connectivity index (χ1v) is 11.9. The van der Waals surface area contributed by atoms with Gasteiger partial charge in [-0.05, 0) is 17.7 Å². The van der Waals surface area contributed by atoms with Gasteiger partial charge in [-0.15, -0.1) is 0 Å². The molecule has 0 radical (unpaired) electrons. The molecule has 0 fully saturated rings. The van der Waals surface area contributed by atoms with Gasteiger partial charge in [0.2, 0.25) is 5.91 Å². The number of nitrogens with one attached hydrogen (secondary N) is 1. The third kappa shape index (κ3) is 5.48. The van der Waals surface area contributed by atoms with Gasteiger partial charge in [-0.3, -0.25) is 18.7 Å². The van der Waals surface area contributed by atoms with E-state index in [0.29, 0.717) is 6.54 Å². The van der Waals surface area contributed by atoms with Crippen LogP contribution in [0.25, 0.3) is 16.9 Å². The van der Waals surface area contributed by atoms with Crippen LogP contribution in [0.4, 0.5) is 0 Å². The van der Waals surface area contributed by atoms with Crippen LogP contribution in [-0.4, -0.2) is 24.8 Å². The van der Waals surface area contributed by atoms with Crippen molar-refractivity contribution in [1.29, 1.82) is 0 Å². The highest BCUT2D eigenvalue weighted by atomic mass is 16.2. The van der Waals surface area contributed by atoms with Crippen molar-refractivity contribution in [2.24, 2.45) is 0 Å². The number of benzene rings is 3. The van der Waals surface area contributed by atoms with Crippen molar-refractivity contribution in [3.05, 3.63) is 141 Å². The zero-order valence-corrected chi connectivity index (χ0v) is 20.0. The number of nitrogens with zero attached hydrogens (tertiary/aromatic N) is 4. The van der Waals surface area contributed by atoms with E-state index in [1.807, 2.05) is 97.2 Å². The fourth-order valence-corrected chi connectivity index (χ4v) is 4.09. The maximum Gasteiger partial charge on any atom is 0.331 e. The molecule has 5 aromatic rings. The molecule has 0 aliphatic rings. The zero-order valence-electron chi connectivity index (χ0n) is 20.0. The molecule has 8 heteroatoms. The van der Waals surface area contributed by atoms with Gasteiger partial charge in [-0.2, -0.15) is 5.10 Å². The maximum absolute atomic E-state index is 12.9. The fraction of sp³-hybridized carbons (Fsp3) is 0.103. The van der Waals surface area contributed by atoms with Gasteiger partial charge in [0.05, 0.1) is 17.9 Å². The number of rotatable bonds is 8. The Hall–Kier alpha value is -4.98. The van der Waals surface area contributed by atoms with E-state index in [0.717, 1.165) is 32.6 Å². The molecule has 1 amide bonds. The van der Waals surface area contributed by atoms with Gasteiger partial charge in [-0.25, -0.2) is 9.48 Å². The van der Waals surface area contributed by atoms with E-state index < -0.39 is 17.2 Å². The number of hydrogen-bond acceptors (Lipinski definition) is 4. The fourth-order valence-electron chi connectivity index (χ4n) is 4.09. The SMILES string of the molecule is O=C(Cn1c(=O)ccn(Cc2ccccc2)c1=O)NCc1cn(-c2ccccc2)nc1-c1ccccc1. The molecule has 2 heterocycles. The molecule has 0 aliphatic carbocycles. The number of carbonyl (C=O) groups excluding carboxylic acids is 1. The lowest BCUT2D eigenvalue weighted by atomic mass is 10.1. The molecule has 184 valence electrons. The minimum Gasteiger partial charge on any atom is -0.350 e. The van der Waals surface area contributed by atoms with Gasteiger partial charge in [-0.1, -0.05) is 78.9 Å². The minimum absolute atomic E-state index is 0.190. The average Bonchev–Trinajstić information content (AvgIpc) is 3.37. The number of aromatic nitrogens is 4. The molecule has 3 aromatic carbocycles. The predicted octanol–water partition coefficient (Wildman–Crippen LogP) is 3.23. The monoisotopic (exact) mass is 491 g/mol. The number of para-hydroxylation sites is 1. The third-order valence-corrected chi connectivity index (χ3v) is 5.97. The Kier molecular flexibility index (Phi) is 6.89. The molecule has 0 aliphatic heterocycles. The average molecular weight is 492 g/mol. The van der Waals surface area contributed by atoms with E-state index in [-0.39, 0.29) is 13.1 Å².